The molecule has 0 radical (unpaired) electrons. The van der Waals surface area contributed by atoms with Crippen LogP contribution in [-0.4, -0.2) is 18.5 Å². The van der Waals surface area contributed by atoms with E-state index in [0.717, 1.165) is 56.9 Å². The molecule has 0 saturated heterocycles. The molecule has 0 spiro atoms. The lowest BCUT2D eigenvalue weighted by molar-refractivity contribution is -0.175. The first kappa shape index (κ1) is 24.7. The van der Waals surface area contributed by atoms with E-state index in [1.807, 2.05) is 0 Å². The number of nitrogens with one attached hydrogen (secondary N) is 1. The molecule has 1 aromatic heterocycles. The molecule has 3 atom stereocenters. The summed E-state index contributed by atoms with van der Waals surface area (Å²) >= 11 is 1.50. The first-order valence-corrected chi connectivity index (χ1v) is 14.6. The van der Waals surface area contributed by atoms with Gasteiger partial charge in [0.2, 0.25) is 0 Å². The van der Waals surface area contributed by atoms with Gasteiger partial charge in [0.05, 0.1) is 11.0 Å². The number of ether oxygens (including phenoxy) is 1. The van der Waals surface area contributed by atoms with Crippen LogP contribution in [0.25, 0.3) is 0 Å². The maximum absolute atomic E-state index is 13.6. The van der Waals surface area contributed by atoms with E-state index in [4.69, 9.17) is 4.74 Å². The number of hydrogen-bond donors (Lipinski definition) is 1. The van der Waals surface area contributed by atoms with E-state index in [2.05, 4.69) is 50.4 Å². The summed E-state index contributed by atoms with van der Waals surface area (Å²) in [6.07, 6.45) is 9.00. The number of hydrogen-bond acceptors (Lipinski definition) is 5. The zero-order valence-corrected chi connectivity index (χ0v) is 22.9. The Hall–Kier alpha value is -2.65. The van der Waals surface area contributed by atoms with Crippen LogP contribution in [-0.2, 0) is 32.6 Å². The number of nitriles is 1. The maximum Gasteiger partial charge on any atom is 0.312 e. The van der Waals surface area contributed by atoms with Gasteiger partial charge in [-0.05, 0) is 117 Å². The Morgan fingerprint density at radius 1 is 1.16 bits per heavy atom. The van der Waals surface area contributed by atoms with Crippen molar-refractivity contribution in [3.05, 3.63) is 50.9 Å². The standard InChI is InChI=1S/C31H36N2O3S/c1-18-4-7-24-25(15-32)28(37-26(24)8-18)33-27(34)16-36-29(35)31-13-21-10-22(14-31)12-30(11-21,17-31)23-6-5-19(2)20(3)9-23/h5-6,9,18,21-22H,4,7-8,10-14,16-17H2,1-3H3,(H,33,34)/t18-,21-,22-,30?,31?/m1/s1. The molecule has 0 unspecified atom stereocenters. The molecule has 1 amide bonds. The lowest BCUT2D eigenvalue weighted by atomic mass is 9.43. The summed E-state index contributed by atoms with van der Waals surface area (Å²) in [5, 5.41) is 13.2. The van der Waals surface area contributed by atoms with Crippen LogP contribution in [0.5, 0.6) is 0 Å². The number of aryl methyl sites for hydroxylation is 2. The van der Waals surface area contributed by atoms with Crippen molar-refractivity contribution < 1.29 is 14.3 Å². The summed E-state index contributed by atoms with van der Waals surface area (Å²) in [7, 11) is 0. The minimum absolute atomic E-state index is 0.0404. The topological polar surface area (TPSA) is 79.2 Å². The van der Waals surface area contributed by atoms with Crippen LogP contribution < -0.4 is 5.32 Å². The lowest BCUT2D eigenvalue weighted by Crippen LogP contribution is -2.57. The fourth-order valence-corrected chi connectivity index (χ4v) is 9.69. The first-order valence-electron chi connectivity index (χ1n) is 13.8. The van der Waals surface area contributed by atoms with E-state index in [-0.39, 0.29) is 23.9 Å². The van der Waals surface area contributed by atoms with Crippen LogP contribution in [0.1, 0.15) is 84.6 Å². The highest BCUT2D eigenvalue weighted by molar-refractivity contribution is 7.16. The number of carbonyl (C=O) groups excluding carboxylic acids is 2. The molecule has 194 valence electrons. The van der Waals surface area contributed by atoms with Gasteiger partial charge in [-0.1, -0.05) is 25.1 Å². The Morgan fingerprint density at radius 3 is 2.62 bits per heavy atom. The molecule has 37 heavy (non-hydrogen) atoms. The van der Waals surface area contributed by atoms with Gasteiger partial charge in [0.25, 0.3) is 5.91 Å². The van der Waals surface area contributed by atoms with Crippen LogP contribution in [0, 0.1) is 48.3 Å². The molecule has 7 rings (SSSR count). The van der Waals surface area contributed by atoms with E-state index in [0.29, 0.717) is 28.3 Å². The quantitative estimate of drug-likeness (QED) is 0.468. The lowest BCUT2D eigenvalue weighted by Gasteiger charge is -2.61. The summed E-state index contributed by atoms with van der Waals surface area (Å²) in [4.78, 5) is 27.7. The summed E-state index contributed by atoms with van der Waals surface area (Å²) in [5.74, 6) is 1.12. The number of nitrogens with zero attached hydrogens (tertiary/aromatic N) is 1. The van der Waals surface area contributed by atoms with Gasteiger partial charge in [-0.25, -0.2) is 0 Å². The summed E-state index contributed by atoms with van der Waals surface area (Å²) < 4.78 is 5.75. The third-order valence-corrected chi connectivity index (χ3v) is 11.0. The second-order valence-electron chi connectivity index (χ2n) is 12.6. The summed E-state index contributed by atoms with van der Waals surface area (Å²) in [6.45, 7) is 6.25. The minimum atomic E-state index is -0.487. The largest absolute Gasteiger partial charge is 0.455 e. The van der Waals surface area contributed by atoms with E-state index in [9.17, 15) is 14.9 Å². The number of benzene rings is 1. The molecule has 4 bridgehead atoms. The monoisotopic (exact) mass is 516 g/mol. The van der Waals surface area contributed by atoms with Crippen molar-refractivity contribution in [1.82, 2.24) is 0 Å². The molecule has 1 aromatic carbocycles. The number of rotatable bonds is 5. The average Bonchev–Trinajstić information content (AvgIpc) is 3.19. The SMILES string of the molecule is Cc1ccc(C23C[C@H]4C[C@@H](CC(C(=O)OCC(=O)Nc5sc6c(c5C#N)CC[C@@H](C)C6)(C4)C2)C3)cc1C. The number of thiophene rings is 1. The first-order chi connectivity index (χ1) is 17.7. The van der Waals surface area contributed by atoms with Crippen LogP contribution in [0.15, 0.2) is 18.2 Å². The van der Waals surface area contributed by atoms with Crippen molar-refractivity contribution in [2.75, 3.05) is 11.9 Å². The maximum atomic E-state index is 13.6. The zero-order chi connectivity index (χ0) is 25.9. The summed E-state index contributed by atoms with van der Waals surface area (Å²) in [5.41, 5.74) is 5.21. The van der Waals surface area contributed by atoms with Crippen LogP contribution in [0.3, 0.4) is 0 Å². The van der Waals surface area contributed by atoms with Crippen LogP contribution in [0.4, 0.5) is 5.00 Å². The molecule has 4 saturated carbocycles. The molecule has 5 nitrogen and oxygen atoms in total. The van der Waals surface area contributed by atoms with Gasteiger partial charge in [0.15, 0.2) is 6.61 Å². The van der Waals surface area contributed by atoms with Crippen LogP contribution >= 0.6 is 11.3 Å². The Morgan fingerprint density at radius 2 is 1.92 bits per heavy atom. The molecular formula is C31H36N2O3S. The van der Waals surface area contributed by atoms with Crippen molar-refractivity contribution >= 4 is 28.2 Å². The second-order valence-corrected chi connectivity index (χ2v) is 13.7. The number of esters is 1. The highest BCUT2D eigenvalue weighted by Gasteiger charge is 2.61. The predicted molar refractivity (Wildman–Crippen MR) is 145 cm³/mol. The van der Waals surface area contributed by atoms with Gasteiger partial charge in [-0.3, -0.25) is 9.59 Å². The molecule has 5 aliphatic carbocycles. The molecular weight excluding hydrogens is 480 g/mol. The van der Waals surface area contributed by atoms with Crippen molar-refractivity contribution in [1.29, 1.82) is 5.26 Å². The zero-order valence-electron chi connectivity index (χ0n) is 22.1. The van der Waals surface area contributed by atoms with E-state index in [1.165, 1.54) is 39.3 Å². The van der Waals surface area contributed by atoms with Crippen molar-refractivity contribution in [3.63, 3.8) is 0 Å². The second kappa shape index (κ2) is 8.98. The van der Waals surface area contributed by atoms with Gasteiger partial charge in [0.1, 0.15) is 11.1 Å². The third kappa shape index (κ3) is 4.20. The average molecular weight is 517 g/mol. The summed E-state index contributed by atoms with van der Waals surface area (Å²) in [6, 6.07) is 9.12. The number of anilines is 1. The Bertz CT molecular complexity index is 1300. The van der Waals surface area contributed by atoms with E-state index < -0.39 is 5.41 Å². The molecule has 0 aliphatic heterocycles. The normalized spacial score (nSPS) is 31.5. The Labute approximate surface area is 223 Å². The van der Waals surface area contributed by atoms with Gasteiger partial charge >= 0.3 is 5.97 Å². The molecule has 6 heteroatoms. The number of amides is 1. The molecule has 5 aliphatic rings. The Kier molecular flexibility index (Phi) is 5.99. The van der Waals surface area contributed by atoms with Gasteiger partial charge in [-0.2, -0.15) is 5.26 Å². The number of fused-ring (bicyclic) bond motifs is 1. The van der Waals surface area contributed by atoms with Crippen molar-refractivity contribution in [3.8, 4) is 6.07 Å². The highest BCUT2D eigenvalue weighted by Crippen LogP contribution is 2.66. The minimum Gasteiger partial charge on any atom is -0.455 e. The van der Waals surface area contributed by atoms with Gasteiger partial charge < -0.3 is 10.1 Å². The van der Waals surface area contributed by atoms with Crippen molar-refractivity contribution in [2.24, 2.45) is 23.2 Å². The smallest absolute Gasteiger partial charge is 0.312 e. The van der Waals surface area contributed by atoms with Gasteiger partial charge in [0, 0.05) is 4.88 Å². The Balaban J connectivity index is 1.16. The molecule has 4 fully saturated rings. The number of carbonyl (C=O) groups is 2. The fraction of sp³-hybridized carbons (Fsp3) is 0.581. The third-order valence-electron chi connectivity index (χ3n) is 9.82. The predicted octanol–water partition coefficient (Wildman–Crippen LogP) is 6.38. The van der Waals surface area contributed by atoms with Crippen molar-refractivity contribution in [2.45, 2.75) is 84.0 Å². The van der Waals surface area contributed by atoms with Gasteiger partial charge in [-0.15, -0.1) is 11.3 Å². The highest BCUT2D eigenvalue weighted by atomic mass is 32.1. The molecule has 2 aromatic rings. The van der Waals surface area contributed by atoms with E-state index in [1.54, 1.807) is 0 Å². The molecule has 1 N–H and O–H groups in total. The molecule has 1 heterocycles. The van der Waals surface area contributed by atoms with E-state index >= 15 is 0 Å². The van der Waals surface area contributed by atoms with Crippen LogP contribution in [0.2, 0.25) is 0 Å². The fourth-order valence-electron chi connectivity index (χ4n) is 8.31.